The molecule has 4 heteroatoms. The van der Waals surface area contributed by atoms with E-state index in [9.17, 15) is 0 Å². The summed E-state index contributed by atoms with van der Waals surface area (Å²) >= 11 is 0. The number of aromatic nitrogens is 3. The van der Waals surface area contributed by atoms with Crippen LogP contribution in [0.3, 0.4) is 0 Å². The quantitative estimate of drug-likeness (QED) is 0.918. The van der Waals surface area contributed by atoms with E-state index in [1.807, 2.05) is 11.7 Å². The highest BCUT2D eigenvalue weighted by atomic mass is 15.3. The second-order valence-electron chi connectivity index (χ2n) is 5.12. The molecule has 0 amide bonds. The van der Waals surface area contributed by atoms with Gasteiger partial charge in [-0.05, 0) is 24.5 Å². The summed E-state index contributed by atoms with van der Waals surface area (Å²) in [6.07, 6.45) is 3.13. The molecule has 0 fully saturated rings. The molecule has 0 spiro atoms. The molecule has 2 heterocycles. The molecule has 0 radical (unpaired) electrons. The largest absolute Gasteiger partial charge is 0.385 e. The highest BCUT2D eigenvalue weighted by molar-refractivity contribution is 5.56. The average Bonchev–Trinajstić information content (AvgIpc) is 2.79. The Labute approximate surface area is 113 Å². The van der Waals surface area contributed by atoms with Gasteiger partial charge in [0.1, 0.15) is 5.82 Å². The van der Waals surface area contributed by atoms with E-state index in [1.165, 1.54) is 11.3 Å². The van der Waals surface area contributed by atoms with Gasteiger partial charge in [-0.2, -0.15) is 5.10 Å². The van der Waals surface area contributed by atoms with Crippen LogP contribution in [-0.2, 0) is 13.5 Å². The number of nitrogens with one attached hydrogen (secondary N) is 1. The van der Waals surface area contributed by atoms with Crippen LogP contribution in [0.2, 0.25) is 0 Å². The van der Waals surface area contributed by atoms with Gasteiger partial charge in [0.25, 0.3) is 0 Å². The van der Waals surface area contributed by atoms with Crippen LogP contribution in [0.25, 0.3) is 0 Å². The molecule has 1 aromatic carbocycles. The Kier molecular flexibility index (Phi) is 3.23. The number of hydrogen-bond donors (Lipinski definition) is 1. The fourth-order valence-corrected chi connectivity index (χ4v) is 2.82. The van der Waals surface area contributed by atoms with E-state index in [1.54, 1.807) is 0 Å². The van der Waals surface area contributed by atoms with Crippen molar-refractivity contribution < 1.29 is 0 Å². The third-order valence-corrected chi connectivity index (χ3v) is 3.71. The van der Waals surface area contributed by atoms with E-state index >= 15 is 0 Å². The van der Waals surface area contributed by atoms with Crippen LogP contribution in [0.5, 0.6) is 0 Å². The maximum atomic E-state index is 4.75. The lowest BCUT2D eigenvalue weighted by atomic mass is 9.90. The molecule has 1 aliphatic heterocycles. The first-order chi connectivity index (χ1) is 9.29. The summed E-state index contributed by atoms with van der Waals surface area (Å²) in [5, 5.41) is 7.99. The standard InChI is InChI=1S/C15H20N4/c1-3-6-14-17-15(19(2)18-14)12-9-10-16-13-8-5-4-7-11(12)13/h4-5,7-8,12,16H,3,6,9-10H2,1-2H3. The summed E-state index contributed by atoms with van der Waals surface area (Å²) in [5.74, 6) is 2.42. The molecule has 1 unspecified atom stereocenters. The Hall–Kier alpha value is -1.84. The Morgan fingerprint density at radius 2 is 2.21 bits per heavy atom. The summed E-state index contributed by atoms with van der Waals surface area (Å²) in [4.78, 5) is 4.75. The molecule has 0 saturated carbocycles. The second kappa shape index (κ2) is 5.03. The Morgan fingerprint density at radius 1 is 1.37 bits per heavy atom. The summed E-state index contributed by atoms with van der Waals surface area (Å²) < 4.78 is 1.96. The maximum absolute atomic E-state index is 4.75. The number of fused-ring (bicyclic) bond motifs is 1. The molecule has 1 aromatic heterocycles. The summed E-state index contributed by atoms with van der Waals surface area (Å²) in [6.45, 7) is 3.16. The lowest BCUT2D eigenvalue weighted by molar-refractivity contribution is 0.611. The van der Waals surface area contributed by atoms with Crippen molar-refractivity contribution in [3.05, 3.63) is 41.5 Å². The topological polar surface area (TPSA) is 42.7 Å². The Balaban J connectivity index is 1.99. The molecule has 0 aliphatic carbocycles. The van der Waals surface area contributed by atoms with Gasteiger partial charge in [-0.15, -0.1) is 0 Å². The van der Waals surface area contributed by atoms with Gasteiger partial charge in [0.05, 0.1) is 0 Å². The first-order valence-corrected chi connectivity index (χ1v) is 7.02. The van der Waals surface area contributed by atoms with E-state index in [0.29, 0.717) is 5.92 Å². The van der Waals surface area contributed by atoms with Crippen LogP contribution in [0.1, 0.15) is 42.9 Å². The average molecular weight is 256 g/mol. The third kappa shape index (κ3) is 2.23. The minimum absolute atomic E-state index is 0.362. The lowest BCUT2D eigenvalue weighted by Crippen LogP contribution is -2.20. The summed E-state index contributed by atoms with van der Waals surface area (Å²) in [6, 6.07) is 8.51. The number of hydrogen-bond acceptors (Lipinski definition) is 3. The van der Waals surface area contributed by atoms with Gasteiger partial charge in [-0.1, -0.05) is 25.1 Å². The van der Waals surface area contributed by atoms with Gasteiger partial charge in [-0.3, -0.25) is 4.68 Å². The van der Waals surface area contributed by atoms with Crippen LogP contribution in [0, 0.1) is 0 Å². The van der Waals surface area contributed by atoms with Crippen molar-refractivity contribution in [1.29, 1.82) is 0 Å². The van der Waals surface area contributed by atoms with Gasteiger partial charge in [0.15, 0.2) is 5.82 Å². The smallest absolute Gasteiger partial charge is 0.150 e. The summed E-state index contributed by atoms with van der Waals surface area (Å²) in [5.41, 5.74) is 2.58. The van der Waals surface area contributed by atoms with Crippen LogP contribution in [-0.4, -0.2) is 21.3 Å². The number of benzene rings is 1. The van der Waals surface area contributed by atoms with Gasteiger partial charge < -0.3 is 5.32 Å². The molecule has 1 N–H and O–H groups in total. The zero-order chi connectivity index (χ0) is 13.2. The monoisotopic (exact) mass is 256 g/mol. The summed E-state index contributed by atoms with van der Waals surface area (Å²) in [7, 11) is 2.01. The second-order valence-corrected chi connectivity index (χ2v) is 5.12. The predicted octanol–water partition coefficient (Wildman–Crippen LogP) is 2.72. The third-order valence-electron chi connectivity index (χ3n) is 3.71. The molecule has 0 saturated heterocycles. The first kappa shape index (κ1) is 12.2. The van der Waals surface area contributed by atoms with Crippen molar-refractivity contribution in [1.82, 2.24) is 14.8 Å². The fraction of sp³-hybridized carbons (Fsp3) is 0.467. The molecule has 3 rings (SSSR count). The van der Waals surface area contributed by atoms with Crippen molar-refractivity contribution in [3.8, 4) is 0 Å². The number of anilines is 1. The van der Waals surface area contributed by atoms with E-state index in [2.05, 4.69) is 41.6 Å². The zero-order valence-corrected chi connectivity index (χ0v) is 11.6. The van der Waals surface area contributed by atoms with E-state index in [-0.39, 0.29) is 0 Å². The fourth-order valence-electron chi connectivity index (χ4n) is 2.82. The molecule has 1 aliphatic rings. The van der Waals surface area contributed by atoms with Gasteiger partial charge in [0, 0.05) is 31.6 Å². The van der Waals surface area contributed by atoms with Crippen molar-refractivity contribution >= 4 is 5.69 Å². The maximum Gasteiger partial charge on any atom is 0.150 e. The van der Waals surface area contributed by atoms with Crippen LogP contribution in [0.15, 0.2) is 24.3 Å². The van der Waals surface area contributed by atoms with E-state index < -0.39 is 0 Å². The van der Waals surface area contributed by atoms with E-state index in [0.717, 1.165) is 37.5 Å². The molecule has 4 nitrogen and oxygen atoms in total. The highest BCUT2D eigenvalue weighted by Gasteiger charge is 2.25. The molecular weight excluding hydrogens is 236 g/mol. The Morgan fingerprint density at radius 3 is 3.05 bits per heavy atom. The minimum atomic E-state index is 0.362. The Bertz CT molecular complexity index is 573. The number of nitrogens with zero attached hydrogens (tertiary/aromatic N) is 3. The normalized spacial score (nSPS) is 17.9. The van der Waals surface area contributed by atoms with Gasteiger partial charge in [0.2, 0.25) is 0 Å². The molecule has 19 heavy (non-hydrogen) atoms. The lowest BCUT2D eigenvalue weighted by Gasteiger charge is -2.25. The SMILES string of the molecule is CCCc1nc(C2CCNc3ccccc32)n(C)n1. The molecule has 2 aromatic rings. The number of aryl methyl sites for hydroxylation is 2. The van der Waals surface area contributed by atoms with Crippen LogP contribution in [0.4, 0.5) is 5.69 Å². The number of para-hydroxylation sites is 1. The molecule has 0 bridgehead atoms. The minimum Gasteiger partial charge on any atom is -0.385 e. The predicted molar refractivity (Wildman–Crippen MR) is 76.4 cm³/mol. The van der Waals surface area contributed by atoms with Gasteiger partial charge >= 0.3 is 0 Å². The zero-order valence-electron chi connectivity index (χ0n) is 11.6. The highest BCUT2D eigenvalue weighted by Crippen LogP contribution is 2.35. The van der Waals surface area contributed by atoms with E-state index in [4.69, 9.17) is 4.98 Å². The molecule has 1 atom stereocenters. The van der Waals surface area contributed by atoms with Crippen LogP contribution < -0.4 is 5.32 Å². The van der Waals surface area contributed by atoms with Crippen molar-refractivity contribution in [2.45, 2.75) is 32.1 Å². The molecule has 100 valence electrons. The number of rotatable bonds is 3. The van der Waals surface area contributed by atoms with Gasteiger partial charge in [-0.25, -0.2) is 4.98 Å². The van der Waals surface area contributed by atoms with Crippen molar-refractivity contribution in [2.24, 2.45) is 7.05 Å². The van der Waals surface area contributed by atoms with Crippen molar-refractivity contribution in [3.63, 3.8) is 0 Å². The first-order valence-electron chi connectivity index (χ1n) is 7.02. The van der Waals surface area contributed by atoms with Crippen molar-refractivity contribution in [2.75, 3.05) is 11.9 Å². The molecular formula is C15H20N4. The van der Waals surface area contributed by atoms with Crippen LogP contribution >= 0.6 is 0 Å².